The van der Waals surface area contributed by atoms with Gasteiger partial charge in [-0.15, -0.1) is 0 Å². The molecule has 1 saturated heterocycles. The van der Waals surface area contributed by atoms with Gasteiger partial charge < -0.3 is 15.2 Å². The number of benzene rings is 2. The van der Waals surface area contributed by atoms with Crippen molar-refractivity contribution in [2.45, 2.75) is 18.4 Å². The van der Waals surface area contributed by atoms with Crippen LogP contribution in [0.3, 0.4) is 0 Å². The average Bonchev–Trinajstić information content (AvgIpc) is 2.68. The maximum atomic E-state index is 12.8. The first-order chi connectivity index (χ1) is 12.5. The minimum Gasteiger partial charge on any atom is -0.478 e. The third-order valence-electron chi connectivity index (χ3n) is 4.62. The molecule has 0 unspecified atom stereocenters. The van der Waals surface area contributed by atoms with E-state index in [9.17, 15) is 9.59 Å². The van der Waals surface area contributed by atoms with Crippen molar-refractivity contribution < 1.29 is 19.4 Å². The summed E-state index contributed by atoms with van der Waals surface area (Å²) in [5, 5.41) is 21.4. The lowest BCUT2D eigenvalue weighted by Gasteiger charge is -2.38. The van der Waals surface area contributed by atoms with Crippen LogP contribution in [0, 0.1) is 11.3 Å². The van der Waals surface area contributed by atoms with E-state index < -0.39 is 11.5 Å². The molecule has 0 spiro atoms. The molecule has 0 radical (unpaired) electrons. The topological polar surface area (TPSA) is 99.4 Å². The zero-order valence-corrected chi connectivity index (χ0v) is 14.1. The van der Waals surface area contributed by atoms with Crippen LogP contribution in [0.25, 0.3) is 0 Å². The number of ether oxygens (including phenoxy) is 1. The van der Waals surface area contributed by atoms with Crippen LogP contribution in [0.4, 0.5) is 0 Å². The summed E-state index contributed by atoms with van der Waals surface area (Å²) in [4.78, 5) is 24.0. The van der Waals surface area contributed by atoms with Gasteiger partial charge in [-0.3, -0.25) is 4.79 Å². The number of carboxylic acid groups (broad SMARTS) is 1. The van der Waals surface area contributed by atoms with Gasteiger partial charge in [-0.05, 0) is 48.7 Å². The lowest BCUT2D eigenvalue weighted by Crippen LogP contribution is -2.49. The molecule has 2 N–H and O–H groups in total. The molecule has 3 rings (SSSR count). The Morgan fingerprint density at radius 1 is 1.08 bits per heavy atom. The SMILES string of the molecule is N#Cc1cccc(C2(NC(=O)c3cccc(C(=O)O)c3)CCOCC2)c1. The normalized spacial score (nSPS) is 15.7. The van der Waals surface area contributed by atoms with Gasteiger partial charge >= 0.3 is 5.97 Å². The highest BCUT2D eigenvalue weighted by molar-refractivity contribution is 5.97. The van der Waals surface area contributed by atoms with Crippen LogP contribution in [-0.4, -0.2) is 30.2 Å². The smallest absolute Gasteiger partial charge is 0.335 e. The molecule has 1 aliphatic heterocycles. The number of aromatic carboxylic acids is 1. The van der Waals surface area contributed by atoms with Crippen molar-refractivity contribution >= 4 is 11.9 Å². The Kier molecular flexibility index (Phi) is 5.01. The Morgan fingerprint density at radius 2 is 1.77 bits per heavy atom. The fourth-order valence-electron chi connectivity index (χ4n) is 3.18. The molecular weight excluding hydrogens is 332 g/mol. The summed E-state index contributed by atoms with van der Waals surface area (Å²) in [7, 11) is 0. The minimum absolute atomic E-state index is 0.0603. The minimum atomic E-state index is -1.08. The fourth-order valence-corrected chi connectivity index (χ4v) is 3.18. The van der Waals surface area contributed by atoms with Crippen LogP contribution in [-0.2, 0) is 10.3 Å². The second-order valence-corrected chi connectivity index (χ2v) is 6.23. The van der Waals surface area contributed by atoms with Gasteiger partial charge in [0.25, 0.3) is 5.91 Å². The second-order valence-electron chi connectivity index (χ2n) is 6.23. The first-order valence-electron chi connectivity index (χ1n) is 8.28. The zero-order valence-electron chi connectivity index (χ0n) is 14.1. The number of hydrogen-bond acceptors (Lipinski definition) is 4. The lowest BCUT2D eigenvalue weighted by atomic mass is 9.81. The summed E-state index contributed by atoms with van der Waals surface area (Å²) in [5.74, 6) is -1.43. The molecule has 1 fully saturated rings. The first-order valence-corrected chi connectivity index (χ1v) is 8.28. The maximum absolute atomic E-state index is 12.8. The molecule has 6 heteroatoms. The quantitative estimate of drug-likeness (QED) is 0.883. The van der Waals surface area contributed by atoms with E-state index >= 15 is 0 Å². The molecule has 1 amide bonds. The van der Waals surface area contributed by atoms with Gasteiger partial charge in [-0.25, -0.2) is 4.79 Å². The molecule has 0 atom stereocenters. The third-order valence-corrected chi connectivity index (χ3v) is 4.62. The fraction of sp³-hybridized carbons (Fsp3) is 0.250. The van der Waals surface area contributed by atoms with Crippen molar-refractivity contribution in [2.24, 2.45) is 0 Å². The summed E-state index contributed by atoms with van der Waals surface area (Å²) in [6, 6.07) is 15.2. The number of amides is 1. The Morgan fingerprint density at radius 3 is 2.46 bits per heavy atom. The van der Waals surface area contributed by atoms with Crippen molar-refractivity contribution in [1.82, 2.24) is 5.32 Å². The number of nitrogens with one attached hydrogen (secondary N) is 1. The molecule has 0 aliphatic carbocycles. The molecular formula is C20H18N2O4. The lowest BCUT2D eigenvalue weighted by molar-refractivity contribution is 0.0345. The maximum Gasteiger partial charge on any atom is 0.335 e. The Labute approximate surface area is 151 Å². The highest BCUT2D eigenvalue weighted by Gasteiger charge is 2.36. The molecule has 1 aliphatic rings. The van der Waals surface area contributed by atoms with Crippen molar-refractivity contribution in [3.05, 3.63) is 70.8 Å². The molecule has 6 nitrogen and oxygen atoms in total. The van der Waals surface area contributed by atoms with Gasteiger partial charge in [0.15, 0.2) is 0 Å². The molecule has 1 heterocycles. The van der Waals surface area contributed by atoms with Crippen LogP contribution in [0.5, 0.6) is 0 Å². The van der Waals surface area contributed by atoms with E-state index in [1.165, 1.54) is 12.1 Å². The molecule has 2 aromatic carbocycles. The highest BCUT2D eigenvalue weighted by atomic mass is 16.5. The molecule has 0 aromatic heterocycles. The molecule has 132 valence electrons. The average molecular weight is 350 g/mol. The predicted molar refractivity (Wildman–Crippen MR) is 93.8 cm³/mol. The van der Waals surface area contributed by atoms with Crippen molar-refractivity contribution in [1.29, 1.82) is 5.26 Å². The van der Waals surface area contributed by atoms with Gasteiger partial charge in [0.2, 0.25) is 0 Å². The molecule has 0 bridgehead atoms. The number of carbonyl (C=O) groups is 2. The standard InChI is InChI=1S/C20H18N2O4/c21-13-14-3-1-6-17(11-14)20(7-9-26-10-8-20)22-18(23)15-4-2-5-16(12-15)19(24)25/h1-6,11-12H,7-10H2,(H,22,23)(H,24,25). The Bertz CT molecular complexity index is 879. The molecule has 0 saturated carbocycles. The van der Waals surface area contributed by atoms with E-state index in [4.69, 9.17) is 15.1 Å². The largest absolute Gasteiger partial charge is 0.478 e. The number of nitrogens with zero attached hydrogens (tertiary/aromatic N) is 1. The van der Waals surface area contributed by atoms with Crippen molar-refractivity contribution in [2.75, 3.05) is 13.2 Å². The highest BCUT2D eigenvalue weighted by Crippen LogP contribution is 2.33. The predicted octanol–water partition coefficient (Wildman–Crippen LogP) is 2.69. The first kappa shape index (κ1) is 17.6. The van der Waals surface area contributed by atoms with Crippen LogP contribution in [0.1, 0.15) is 44.7 Å². The summed E-state index contributed by atoms with van der Waals surface area (Å²) in [6.45, 7) is 0.985. The second kappa shape index (κ2) is 7.38. The van der Waals surface area contributed by atoms with Crippen molar-refractivity contribution in [3.8, 4) is 6.07 Å². The van der Waals surface area contributed by atoms with Crippen LogP contribution in [0.15, 0.2) is 48.5 Å². The van der Waals surface area contributed by atoms with Crippen LogP contribution in [0.2, 0.25) is 0 Å². The van der Waals surface area contributed by atoms with E-state index in [0.29, 0.717) is 31.6 Å². The van der Waals surface area contributed by atoms with Crippen molar-refractivity contribution in [3.63, 3.8) is 0 Å². The third kappa shape index (κ3) is 3.58. The number of nitriles is 1. The van der Waals surface area contributed by atoms with E-state index in [2.05, 4.69) is 11.4 Å². The van der Waals surface area contributed by atoms with Gasteiger partial charge in [0, 0.05) is 18.8 Å². The Hall–Kier alpha value is -3.17. The monoisotopic (exact) mass is 350 g/mol. The van der Waals surface area contributed by atoms with E-state index in [-0.39, 0.29) is 17.0 Å². The van der Waals surface area contributed by atoms with E-state index in [1.54, 1.807) is 30.3 Å². The molecule has 26 heavy (non-hydrogen) atoms. The summed E-state index contributed by atoms with van der Waals surface area (Å²) in [5.41, 5.74) is 1.07. The zero-order chi connectivity index (χ0) is 18.6. The molecule has 2 aromatic rings. The summed E-state index contributed by atoms with van der Waals surface area (Å²) in [6.07, 6.45) is 1.15. The van der Waals surface area contributed by atoms with Gasteiger partial charge in [0.05, 0.1) is 22.7 Å². The van der Waals surface area contributed by atoms with Crippen LogP contribution < -0.4 is 5.32 Å². The number of carbonyl (C=O) groups excluding carboxylic acids is 1. The summed E-state index contributed by atoms with van der Waals surface area (Å²) >= 11 is 0. The van der Waals surface area contributed by atoms with Gasteiger partial charge in [-0.1, -0.05) is 18.2 Å². The number of hydrogen-bond donors (Lipinski definition) is 2. The summed E-state index contributed by atoms with van der Waals surface area (Å²) < 4.78 is 5.45. The van der Waals surface area contributed by atoms with Crippen LogP contribution >= 0.6 is 0 Å². The number of rotatable bonds is 4. The number of carboxylic acids is 1. The Balaban J connectivity index is 1.94. The van der Waals surface area contributed by atoms with Gasteiger partial charge in [0.1, 0.15) is 0 Å². The van der Waals surface area contributed by atoms with E-state index in [1.807, 2.05) is 6.07 Å². The van der Waals surface area contributed by atoms with Gasteiger partial charge in [-0.2, -0.15) is 5.26 Å². The van der Waals surface area contributed by atoms with E-state index in [0.717, 1.165) is 5.56 Å².